The van der Waals surface area contributed by atoms with Crippen LogP contribution in [-0.4, -0.2) is 37.4 Å². The lowest BCUT2D eigenvalue weighted by molar-refractivity contribution is 0.322. The first-order valence-corrected chi connectivity index (χ1v) is 7.44. The summed E-state index contributed by atoms with van der Waals surface area (Å²) in [5, 5.41) is 8.54. The van der Waals surface area contributed by atoms with Crippen LogP contribution in [-0.2, 0) is 9.84 Å². The number of thioether (sulfide) groups is 1. The maximum Gasteiger partial charge on any atom is 0.179 e. The molecule has 3 nitrogen and oxygen atoms in total. The maximum atomic E-state index is 11.7. The Hall–Kier alpha value is -0.520. The molecule has 5 heteroatoms. The quantitative estimate of drug-likeness (QED) is 0.766. The molecule has 84 valence electrons. The van der Waals surface area contributed by atoms with E-state index in [9.17, 15) is 8.42 Å². The van der Waals surface area contributed by atoms with Gasteiger partial charge >= 0.3 is 0 Å². The number of benzene rings is 1. The van der Waals surface area contributed by atoms with E-state index in [2.05, 4.69) is 0 Å². The molecule has 0 atom stereocenters. The van der Waals surface area contributed by atoms with Crippen molar-refractivity contribution in [1.82, 2.24) is 0 Å². The normalized spacial score (nSPS) is 11.5. The molecule has 0 bridgehead atoms. The largest absolute Gasteiger partial charge is 0.396 e. The summed E-state index contributed by atoms with van der Waals surface area (Å²) in [7, 11) is -3.14. The predicted octanol–water partition coefficient (Wildman–Crippen LogP) is 1.19. The fourth-order valence-corrected chi connectivity index (χ4v) is 3.57. The van der Waals surface area contributed by atoms with E-state index in [0.717, 1.165) is 0 Å². The zero-order chi connectivity index (χ0) is 11.1. The summed E-state index contributed by atoms with van der Waals surface area (Å²) in [5.41, 5.74) is 0. The number of hydrogen-bond acceptors (Lipinski definition) is 4. The van der Waals surface area contributed by atoms with Crippen molar-refractivity contribution >= 4 is 21.6 Å². The molecule has 0 amide bonds. The Morgan fingerprint density at radius 3 is 2.40 bits per heavy atom. The van der Waals surface area contributed by atoms with Gasteiger partial charge in [-0.2, -0.15) is 11.8 Å². The van der Waals surface area contributed by atoms with Crippen LogP contribution >= 0.6 is 11.8 Å². The van der Waals surface area contributed by atoms with Crippen LogP contribution in [0.25, 0.3) is 0 Å². The summed E-state index contributed by atoms with van der Waals surface area (Å²) in [5.74, 6) is 1.24. The molecule has 1 rings (SSSR count). The number of rotatable bonds is 6. The van der Waals surface area contributed by atoms with Crippen molar-refractivity contribution in [3.63, 3.8) is 0 Å². The van der Waals surface area contributed by atoms with Gasteiger partial charge in [-0.25, -0.2) is 8.42 Å². The van der Waals surface area contributed by atoms with E-state index in [0.29, 0.717) is 16.4 Å². The van der Waals surface area contributed by atoms with Gasteiger partial charge in [0.2, 0.25) is 0 Å². The smallest absolute Gasteiger partial charge is 0.179 e. The lowest BCUT2D eigenvalue weighted by Gasteiger charge is -2.03. The zero-order valence-corrected chi connectivity index (χ0v) is 9.93. The molecule has 0 aliphatic carbocycles. The summed E-state index contributed by atoms with van der Waals surface area (Å²) in [6, 6.07) is 8.43. The molecule has 1 aromatic carbocycles. The van der Waals surface area contributed by atoms with Gasteiger partial charge in [-0.1, -0.05) is 18.2 Å². The average Bonchev–Trinajstić information content (AvgIpc) is 2.26. The number of sulfone groups is 1. The molecule has 1 N–H and O–H groups in total. The van der Waals surface area contributed by atoms with Crippen molar-refractivity contribution in [1.29, 1.82) is 0 Å². The van der Waals surface area contributed by atoms with Gasteiger partial charge in [0.25, 0.3) is 0 Å². The SMILES string of the molecule is O=S(=O)(CCSCCO)c1ccccc1. The minimum absolute atomic E-state index is 0.0933. The summed E-state index contributed by atoms with van der Waals surface area (Å²) >= 11 is 1.45. The van der Waals surface area contributed by atoms with E-state index < -0.39 is 9.84 Å². The van der Waals surface area contributed by atoms with Crippen molar-refractivity contribution in [2.45, 2.75) is 4.90 Å². The van der Waals surface area contributed by atoms with E-state index in [-0.39, 0.29) is 12.4 Å². The second-order valence-corrected chi connectivity index (χ2v) is 6.30. The summed E-state index contributed by atoms with van der Waals surface area (Å²) in [6.07, 6.45) is 0. The molecule has 0 aromatic heterocycles. The minimum atomic E-state index is -3.14. The molecule has 0 heterocycles. The van der Waals surface area contributed by atoms with Crippen LogP contribution in [0, 0.1) is 0 Å². The van der Waals surface area contributed by atoms with Crippen molar-refractivity contribution in [3.8, 4) is 0 Å². The third-order valence-electron chi connectivity index (χ3n) is 1.83. The highest BCUT2D eigenvalue weighted by molar-refractivity contribution is 8.00. The Labute approximate surface area is 94.4 Å². The van der Waals surface area contributed by atoms with Gasteiger partial charge in [0.1, 0.15) is 0 Å². The van der Waals surface area contributed by atoms with Crippen LogP contribution in [0.3, 0.4) is 0 Å². The van der Waals surface area contributed by atoms with Gasteiger partial charge in [0, 0.05) is 11.5 Å². The molecular weight excluding hydrogens is 232 g/mol. The molecule has 0 unspecified atom stereocenters. The minimum Gasteiger partial charge on any atom is -0.396 e. The van der Waals surface area contributed by atoms with Gasteiger partial charge in [-0.3, -0.25) is 0 Å². The second kappa shape index (κ2) is 6.15. The van der Waals surface area contributed by atoms with E-state index in [1.54, 1.807) is 30.3 Å². The molecule has 0 aliphatic rings. The molecule has 0 radical (unpaired) electrons. The molecule has 1 aromatic rings. The molecule has 0 saturated heterocycles. The van der Waals surface area contributed by atoms with E-state index in [4.69, 9.17) is 5.11 Å². The summed E-state index contributed by atoms with van der Waals surface area (Å²) < 4.78 is 23.4. The zero-order valence-electron chi connectivity index (χ0n) is 8.30. The lowest BCUT2D eigenvalue weighted by atomic mass is 10.4. The molecule has 15 heavy (non-hydrogen) atoms. The highest BCUT2D eigenvalue weighted by Crippen LogP contribution is 2.12. The maximum absolute atomic E-state index is 11.7. The monoisotopic (exact) mass is 246 g/mol. The summed E-state index contributed by atoms with van der Waals surface area (Å²) in [4.78, 5) is 0.370. The van der Waals surface area contributed by atoms with Gasteiger partial charge < -0.3 is 5.11 Å². The number of hydrogen-bond donors (Lipinski definition) is 1. The van der Waals surface area contributed by atoms with Crippen LogP contribution in [0.4, 0.5) is 0 Å². The van der Waals surface area contributed by atoms with Crippen LogP contribution < -0.4 is 0 Å². The van der Waals surface area contributed by atoms with Crippen LogP contribution in [0.5, 0.6) is 0 Å². The predicted molar refractivity (Wildman–Crippen MR) is 62.9 cm³/mol. The lowest BCUT2D eigenvalue weighted by Crippen LogP contribution is -2.09. The van der Waals surface area contributed by atoms with Crippen molar-refractivity contribution in [2.75, 3.05) is 23.9 Å². The van der Waals surface area contributed by atoms with E-state index >= 15 is 0 Å². The van der Waals surface area contributed by atoms with Gasteiger partial charge in [0.15, 0.2) is 9.84 Å². The molecule has 0 fully saturated rings. The van der Waals surface area contributed by atoms with Crippen molar-refractivity contribution < 1.29 is 13.5 Å². The Bertz CT molecular complexity index is 373. The van der Waals surface area contributed by atoms with Crippen LogP contribution in [0.15, 0.2) is 35.2 Å². The molecule has 0 spiro atoms. The Balaban J connectivity index is 2.53. The average molecular weight is 246 g/mol. The molecule has 0 aliphatic heterocycles. The summed E-state index contributed by atoms with van der Waals surface area (Å²) in [6.45, 7) is 0.0933. The van der Waals surface area contributed by atoms with Crippen molar-refractivity contribution in [2.24, 2.45) is 0 Å². The van der Waals surface area contributed by atoms with Gasteiger partial charge in [-0.05, 0) is 12.1 Å². The van der Waals surface area contributed by atoms with E-state index in [1.165, 1.54) is 11.8 Å². The number of aliphatic hydroxyl groups excluding tert-OH is 1. The van der Waals surface area contributed by atoms with Gasteiger partial charge in [0.05, 0.1) is 17.3 Å². The first-order chi connectivity index (χ1) is 7.17. The first-order valence-electron chi connectivity index (χ1n) is 4.63. The first kappa shape index (κ1) is 12.5. The topological polar surface area (TPSA) is 54.4 Å². The van der Waals surface area contributed by atoms with Gasteiger partial charge in [-0.15, -0.1) is 0 Å². The molecular formula is C10H14O3S2. The molecule has 0 saturated carbocycles. The third-order valence-corrected chi connectivity index (χ3v) is 4.79. The van der Waals surface area contributed by atoms with Crippen LogP contribution in [0.2, 0.25) is 0 Å². The highest BCUT2D eigenvalue weighted by atomic mass is 32.2. The van der Waals surface area contributed by atoms with E-state index in [1.807, 2.05) is 0 Å². The van der Waals surface area contributed by atoms with Crippen LogP contribution in [0.1, 0.15) is 0 Å². The fraction of sp³-hybridized carbons (Fsp3) is 0.400. The Morgan fingerprint density at radius 1 is 1.13 bits per heavy atom. The Kier molecular flexibility index (Phi) is 5.14. The van der Waals surface area contributed by atoms with Crippen molar-refractivity contribution in [3.05, 3.63) is 30.3 Å². The highest BCUT2D eigenvalue weighted by Gasteiger charge is 2.12. The fourth-order valence-electron chi connectivity index (χ4n) is 1.08. The third kappa shape index (κ3) is 4.24. The Morgan fingerprint density at radius 2 is 1.80 bits per heavy atom. The second-order valence-electron chi connectivity index (χ2n) is 2.97. The number of aliphatic hydroxyl groups is 1. The standard InChI is InChI=1S/C10H14O3S2/c11-6-7-14-8-9-15(12,13)10-4-2-1-3-5-10/h1-5,11H,6-9H2.